The molecule has 0 unspecified atom stereocenters. The van der Waals surface area contributed by atoms with Crippen molar-refractivity contribution in [2.24, 2.45) is 0 Å². The molecule has 0 fully saturated rings. The van der Waals surface area contributed by atoms with Gasteiger partial charge in [0.15, 0.2) is 5.78 Å². The van der Waals surface area contributed by atoms with E-state index in [1.165, 1.54) is 22.3 Å². The maximum absolute atomic E-state index is 12.2. The summed E-state index contributed by atoms with van der Waals surface area (Å²) in [6, 6.07) is 6.50. The van der Waals surface area contributed by atoms with Gasteiger partial charge in [-0.25, -0.2) is 0 Å². The van der Waals surface area contributed by atoms with Gasteiger partial charge in [0.1, 0.15) is 0 Å². The van der Waals surface area contributed by atoms with Crippen LogP contribution in [0.2, 0.25) is 0 Å². The van der Waals surface area contributed by atoms with E-state index in [-0.39, 0.29) is 0 Å². The van der Waals surface area contributed by atoms with Crippen LogP contribution in [0.3, 0.4) is 0 Å². The first-order valence-corrected chi connectivity index (χ1v) is 6.24. The predicted octanol–water partition coefficient (Wildman–Crippen LogP) is 3.31. The van der Waals surface area contributed by atoms with Gasteiger partial charge in [0.25, 0.3) is 0 Å². The highest BCUT2D eigenvalue weighted by Gasteiger charge is 2.21. The SMILES string of the molecule is Cc1ccc2c(c1)CC(=O)C1=C(CCC=C1)C2. The van der Waals surface area contributed by atoms with Crippen molar-refractivity contribution in [3.05, 3.63) is 58.2 Å². The Labute approximate surface area is 102 Å². The molecule has 0 aromatic heterocycles. The van der Waals surface area contributed by atoms with Crippen molar-refractivity contribution >= 4 is 5.78 Å². The molecule has 1 nitrogen and oxygen atoms in total. The van der Waals surface area contributed by atoms with E-state index < -0.39 is 0 Å². The lowest BCUT2D eigenvalue weighted by atomic mass is 9.92. The van der Waals surface area contributed by atoms with Crippen molar-refractivity contribution in [1.29, 1.82) is 0 Å². The quantitative estimate of drug-likeness (QED) is 0.660. The van der Waals surface area contributed by atoms with Crippen LogP contribution in [-0.4, -0.2) is 5.78 Å². The molecule has 0 heterocycles. The van der Waals surface area contributed by atoms with E-state index in [1.54, 1.807) is 0 Å². The Morgan fingerprint density at radius 3 is 2.88 bits per heavy atom. The van der Waals surface area contributed by atoms with Crippen LogP contribution >= 0.6 is 0 Å². The predicted molar refractivity (Wildman–Crippen MR) is 69.0 cm³/mol. The van der Waals surface area contributed by atoms with Gasteiger partial charge in [0.05, 0.1) is 0 Å². The number of hydrogen-bond donors (Lipinski definition) is 0. The Balaban J connectivity index is 2.09. The maximum Gasteiger partial charge on any atom is 0.167 e. The summed E-state index contributed by atoms with van der Waals surface area (Å²) in [6.07, 6.45) is 7.80. The molecule has 0 saturated heterocycles. The topological polar surface area (TPSA) is 17.1 Å². The fourth-order valence-corrected chi connectivity index (χ4v) is 2.77. The minimum Gasteiger partial charge on any atom is -0.294 e. The highest BCUT2D eigenvalue weighted by atomic mass is 16.1. The summed E-state index contributed by atoms with van der Waals surface area (Å²) in [4.78, 5) is 12.2. The van der Waals surface area contributed by atoms with E-state index in [9.17, 15) is 4.79 Å². The van der Waals surface area contributed by atoms with Crippen molar-refractivity contribution in [1.82, 2.24) is 0 Å². The minimum atomic E-state index is 0.292. The maximum atomic E-state index is 12.2. The number of hydrogen-bond acceptors (Lipinski definition) is 1. The van der Waals surface area contributed by atoms with Crippen LogP contribution in [0.1, 0.15) is 29.5 Å². The largest absolute Gasteiger partial charge is 0.294 e. The third-order valence-corrected chi connectivity index (χ3v) is 3.70. The van der Waals surface area contributed by atoms with Gasteiger partial charge in [0.2, 0.25) is 0 Å². The van der Waals surface area contributed by atoms with Crippen molar-refractivity contribution in [2.45, 2.75) is 32.6 Å². The number of rotatable bonds is 0. The number of Topliss-reactive ketones (excluding diaryl/α,β-unsaturated/α-hetero) is 1. The van der Waals surface area contributed by atoms with Crippen molar-refractivity contribution in [2.75, 3.05) is 0 Å². The lowest BCUT2D eigenvalue weighted by molar-refractivity contribution is -0.114. The summed E-state index contributed by atoms with van der Waals surface area (Å²) >= 11 is 0. The van der Waals surface area contributed by atoms with Gasteiger partial charge in [-0.3, -0.25) is 4.79 Å². The second-order valence-corrected chi connectivity index (χ2v) is 5.01. The van der Waals surface area contributed by atoms with Gasteiger partial charge >= 0.3 is 0 Å². The zero-order valence-electron chi connectivity index (χ0n) is 10.1. The van der Waals surface area contributed by atoms with Gasteiger partial charge in [-0.2, -0.15) is 0 Å². The molecule has 2 aliphatic rings. The van der Waals surface area contributed by atoms with Crippen molar-refractivity contribution in [3.63, 3.8) is 0 Å². The number of fused-ring (bicyclic) bond motifs is 1. The zero-order chi connectivity index (χ0) is 11.8. The average Bonchev–Trinajstić information content (AvgIpc) is 2.46. The standard InChI is InChI=1S/C16H16O/c1-11-6-7-12-9-13-4-2-3-5-15(13)16(17)10-14(12)8-11/h3,5-8H,2,4,9-10H2,1H3. The van der Waals surface area contributed by atoms with Crippen LogP contribution in [0.4, 0.5) is 0 Å². The molecule has 1 heteroatoms. The smallest absolute Gasteiger partial charge is 0.167 e. The zero-order valence-corrected chi connectivity index (χ0v) is 10.1. The normalized spacial score (nSPS) is 18.8. The molecule has 1 aromatic carbocycles. The van der Waals surface area contributed by atoms with E-state index >= 15 is 0 Å². The summed E-state index contributed by atoms with van der Waals surface area (Å²) in [5.74, 6) is 0.292. The lowest BCUT2D eigenvalue weighted by Crippen LogP contribution is -2.07. The highest BCUT2D eigenvalue weighted by molar-refractivity contribution is 6.01. The Hall–Kier alpha value is -1.63. The Bertz CT molecular complexity index is 547. The third-order valence-electron chi connectivity index (χ3n) is 3.70. The molecular formula is C16H16O. The van der Waals surface area contributed by atoms with Gasteiger partial charge in [-0.05, 0) is 37.3 Å². The summed E-state index contributed by atoms with van der Waals surface area (Å²) in [5, 5.41) is 0. The molecule has 1 aromatic rings. The molecule has 0 aliphatic heterocycles. The first kappa shape index (κ1) is 10.5. The monoisotopic (exact) mass is 224 g/mol. The van der Waals surface area contributed by atoms with Crippen molar-refractivity contribution in [3.8, 4) is 0 Å². The van der Waals surface area contributed by atoms with E-state index in [0.717, 1.165) is 24.8 Å². The van der Waals surface area contributed by atoms with E-state index in [0.29, 0.717) is 12.2 Å². The number of benzene rings is 1. The molecule has 0 spiro atoms. The fourth-order valence-electron chi connectivity index (χ4n) is 2.77. The second-order valence-electron chi connectivity index (χ2n) is 5.01. The molecule has 0 amide bonds. The first-order chi connectivity index (χ1) is 8.24. The van der Waals surface area contributed by atoms with Crippen molar-refractivity contribution < 1.29 is 4.79 Å². The number of carbonyl (C=O) groups is 1. The van der Waals surface area contributed by atoms with Gasteiger partial charge < -0.3 is 0 Å². The molecule has 86 valence electrons. The Kier molecular flexibility index (Phi) is 2.47. The summed E-state index contributed by atoms with van der Waals surface area (Å²) < 4.78 is 0. The highest BCUT2D eigenvalue weighted by Crippen LogP contribution is 2.29. The molecule has 0 atom stereocenters. The molecular weight excluding hydrogens is 208 g/mol. The molecule has 3 rings (SSSR count). The first-order valence-electron chi connectivity index (χ1n) is 6.24. The second kappa shape index (κ2) is 3.99. The van der Waals surface area contributed by atoms with Crippen LogP contribution in [0.5, 0.6) is 0 Å². The molecule has 2 aliphatic carbocycles. The number of allylic oxidation sites excluding steroid dienone is 4. The molecule has 0 saturated carbocycles. The van der Waals surface area contributed by atoms with E-state index in [2.05, 4.69) is 31.2 Å². The van der Waals surface area contributed by atoms with Gasteiger partial charge in [-0.15, -0.1) is 0 Å². The Morgan fingerprint density at radius 2 is 2.00 bits per heavy atom. The van der Waals surface area contributed by atoms with Crippen LogP contribution in [0.25, 0.3) is 0 Å². The average molecular weight is 224 g/mol. The molecule has 0 bridgehead atoms. The third kappa shape index (κ3) is 1.86. The number of ketones is 1. The summed E-state index contributed by atoms with van der Waals surface area (Å²) in [5.41, 5.74) is 6.11. The van der Waals surface area contributed by atoms with Crippen LogP contribution < -0.4 is 0 Å². The lowest BCUT2D eigenvalue weighted by Gasteiger charge is -2.12. The van der Waals surface area contributed by atoms with Gasteiger partial charge in [0, 0.05) is 12.0 Å². The summed E-state index contributed by atoms with van der Waals surface area (Å²) in [6.45, 7) is 2.09. The molecule has 0 N–H and O–H groups in total. The van der Waals surface area contributed by atoms with E-state index in [4.69, 9.17) is 0 Å². The minimum absolute atomic E-state index is 0.292. The number of carbonyl (C=O) groups excluding carboxylic acids is 1. The number of aryl methyl sites for hydroxylation is 1. The molecule has 0 radical (unpaired) electrons. The van der Waals surface area contributed by atoms with Gasteiger partial charge in [-0.1, -0.05) is 41.5 Å². The fraction of sp³-hybridized carbons (Fsp3) is 0.312. The summed E-state index contributed by atoms with van der Waals surface area (Å²) in [7, 11) is 0. The molecule has 17 heavy (non-hydrogen) atoms. The van der Waals surface area contributed by atoms with Crippen LogP contribution in [-0.2, 0) is 17.6 Å². The van der Waals surface area contributed by atoms with Crippen LogP contribution in [0.15, 0.2) is 41.5 Å². The Morgan fingerprint density at radius 1 is 1.12 bits per heavy atom. The van der Waals surface area contributed by atoms with Crippen LogP contribution in [0, 0.1) is 6.92 Å². The van der Waals surface area contributed by atoms with E-state index in [1.807, 2.05) is 6.08 Å².